The van der Waals surface area contributed by atoms with Gasteiger partial charge >= 0.3 is 0 Å². The van der Waals surface area contributed by atoms with Crippen molar-refractivity contribution < 1.29 is 9.53 Å². The number of rotatable bonds is 6. The zero-order chi connectivity index (χ0) is 11.1. The molecule has 0 atom stereocenters. The Bertz CT molecular complexity index is 328. The molecular formula is C11H14BrNO2. The SMILES string of the molecule is CCOCCC(=O)Cc1cncc(Br)c1. The molecule has 0 spiro atoms. The van der Waals surface area contributed by atoms with Crippen LogP contribution in [0.4, 0.5) is 0 Å². The predicted molar refractivity (Wildman–Crippen MR) is 61.8 cm³/mol. The summed E-state index contributed by atoms with van der Waals surface area (Å²) in [5.41, 5.74) is 0.936. The van der Waals surface area contributed by atoms with E-state index < -0.39 is 0 Å². The van der Waals surface area contributed by atoms with Crippen LogP contribution in [0.25, 0.3) is 0 Å². The van der Waals surface area contributed by atoms with Crippen LogP contribution in [0.15, 0.2) is 22.9 Å². The van der Waals surface area contributed by atoms with Gasteiger partial charge in [0.15, 0.2) is 0 Å². The number of carbonyl (C=O) groups excluding carboxylic acids is 1. The Morgan fingerprint density at radius 1 is 1.53 bits per heavy atom. The van der Waals surface area contributed by atoms with Crippen LogP contribution in [-0.4, -0.2) is 24.0 Å². The highest BCUT2D eigenvalue weighted by Gasteiger charge is 2.04. The van der Waals surface area contributed by atoms with E-state index in [0.717, 1.165) is 10.0 Å². The second kappa shape index (κ2) is 6.69. The number of hydrogen-bond donors (Lipinski definition) is 0. The number of hydrogen-bond acceptors (Lipinski definition) is 3. The molecule has 0 saturated carbocycles. The number of ketones is 1. The third-order valence-electron chi connectivity index (χ3n) is 1.89. The van der Waals surface area contributed by atoms with E-state index in [0.29, 0.717) is 26.1 Å². The number of nitrogens with zero attached hydrogens (tertiary/aromatic N) is 1. The van der Waals surface area contributed by atoms with Crippen molar-refractivity contribution in [2.75, 3.05) is 13.2 Å². The van der Waals surface area contributed by atoms with Gasteiger partial charge in [-0.05, 0) is 34.5 Å². The molecule has 0 aliphatic heterocycles. The van der Waals surface area contributed by atoms with Gasteiger partial charge in [0.05, 0.1) is 6.61 Å². The first-order chi connectivity index (χ1) is 7.22. The van der Waals surface area contributed by atoms with Gasteiger partial charge in [0.25, 0.3) is 0 Å². The highest BCUT2D eigenvalue weighted by Crippen LogP contribution is 2.10. The smallest absolute Gasteiger partial charge is 0.139 e. The van der Waals surface area contributed by atoms with E-state index in [1.165, 1.54) is 0 Å². The Kier molecular flexibility index (Phi) is 5.50. The summed E-state index contributed by atoms with van der Waals surface area (Å²) in [5, 5.41) is 0. The molecule has 1 heterocycles. The lowest BCUT2D eigenvalue weighted by Gasteiger charge is -2.01. The average molecular weight is 272 g/mol. The van der Waals surface area contributed by atoms with E-state index in [-0.39, 0.29) is 5.78 Å². The zero-order valence-electron chi connectivity index (χ0n) is 8.70. The second-order valence-electron chi connectivity index (χ2n) is 3.17. The summed E-state index contributed by atoms with van der Waals surface area (Å²) in [7, 11) is 0. The minimum absolute atomic E-state index is 0.184. The van der Waals surface area contributed by atoms with Crippen molar-refractivity contribution >= 4 is 21.7 Å². The quantitative estimate of drug-likeness (QED) is 0.746. The predicted octanol–water partition coefficient (Wildman–Crippen LogP) is 2.38. The number of pyridine rings is 1. The molecule has 0 saturated heterocycles. The fourth-order valence-electron chi connectivity index (χ4n) is 1.20. The molecule has 1 rings (SSSR count). The molecule has 0 amide bonds. The van der Waals surface area contributed by atoms with Gasteiger partial charge in [-0.3, -0.25) is 9.78 Å². The summed E-state index contributed by atoms with van der Waals surface area (Å²) in [5.74, 6) is 0.184. The highest BCUT2D eigenvalue weighted by atomic mass is 79.9. The standard InChI is InChI=1S/C11H14BrNO2/c1-2-15-4-3-11(14)6-9-5-10(12)8-13-7-9/h5,7-8H,2-4,6H2,1H3. The minimum Gasteiger partial charge on any atom is -0.381 e. The number of carbonyl (C=O) groups is 1. The molecule has 15 heavy (non-hydrogen) atoms. The summed E-state index contributed by atoms with van der Waals surface area (Å²) in [6, 6.07) is 1.91. The minimum atomic E-state index is 0.184. The van der Waals surface area contributed by atoms with E-state index in [9.17, 15) is 4.79 Å². The molecule has 4 heteroatoms. The first-order valence-corrected chi connectivity index (χ1v) is 5.70. The van der Waals surface area contributed by atoms with Crippen molar-refractivity contribution in [2.45, 2.75) is 19.8 Å². The van der Waals surface area contributed by atoms with Crippen molar-refractivity contribution in [2.24, 2.45) is 0 Å². The van der Waals surface area contributed by atoms with E-state index in [4.69, 9.17) is 4.74 Å². The molecule has 82 valence electrons. The molecule has 0 unspecified atom stereocenters. The number of aromatic nitrogens is 1. The van der Waals surface area contributed by atoms with Crippen LogP contribution in [-0.2, 0) is 16.0 Å². The molecule has 0 aromatic carbocycles. The third kappa shape index (κ3) is 5.04. The molecule has 0 fully saturated rings. The van der Waals surface area contributed by atoms with Gasteiger partial charge < -0.3 is 4.74 Å². The Morgan fingerprint density at radius 3 is 3.00 bits per heavy atom. The number of ether oxygens (including phenoxy) is 1. The van der Waals surface area contributed by atoms with Crippen LogP contribution < -0.4 is 0 Å². The Hall–Kier alpha value is -0.740. The van der Waals surface area contributed by atoms with E-state index in [1.54, 1.807) is 12.4 Å². The van der Waals surface area contributed by atoms with E-state index in [2.05, 4.69) is 20.9 Å². The van der Waals surface area contributed by atoms with Crippen molar-refractivity contribution in [3.63, 3.8) is 0 Å². The average Bonchev–Trinajstić information content (AvgIpc) is 2.18. The van der Waals surface area contributed by atoms with E-state index >= 15 is 0 Å². The molecule has 1 aromatic rings. The summed E-state index contributed by atoms with van der Waals surface area (Å²) in [4.78, 5) is 15.5. The topological polar surface area (TPSA) is 39.2 Å². The third-order valence-corrected chi connectivity index (χ3v) is 2.33. The van der Waals surface area contributed by atoms with Crippen molar-refractivity contribution in [3.05, 3.63) is 28.5 Å². The fraction of sp³-hybridized carbons (Fsp3) is 0.455. The summed E-state index contributed by atoms with van der Waals surface area (Å²) in [6.07, 6.45) is 4.32. The monoisotopic (exact) mass is 271 g/mol. The molecule has 0 aliphatic rings. The maximum Gasteiger partial charge on any atom is 0.139 e. The first-order valence-electron chi connectivity index (χ1n) is 4.91. The normalized spacial score (nSPS) is 10.3. The Morgan fingerprint density at radius 2 is 2.33 bits per heavy atom. The van der Waals surface area contributed by atoms with Gasteiger partial charge in [-0.15, -0.1) is 0 Å². The van der Waals surface area contributed by atoms with Crippen LogP contribution in [0.3, 0.4) is 0 Å². The van der Waals surface area contributed by atoms with Crippen LogP contribution in [0.5, 0.6) is 0 Å². The van der Waals surface area contributed by atoms with Gasteiger partial charge in [0, 0.05) is 36.3 Å². The molecule has 0 N–H and O–H groups in total. The van der Waals surface area contributed by atoms with Gasteiger partial charge in [0.1, 0.15) is 5.78 Å². The second-order valence-corrected chi connectivity index (χ2v) is 4.09. The Balaban J connectivity index is 2.37. The molecule has 3 nitrogen and oxygen atoms in total. The summed E-state index contributed by atoms with van der Waals surface area (Å²) in [6.45, 7) is 3.09. The van der Waals surface area contributed by atoms with Gasteiger partial charge in [-0.25, -0.2) is 0 Å². The van der Waals surface area contributed by atoms with Crippen LogP contribution in [0.2, 0.25) is 0 Å². The fourth-order valence-corrected chi connectivity index (χ4v) is 1.61. The zero-order valence-corrected chi connectivity index (χ0v) is 10.3. The van der Waals surface area contributed by atoms with Crippen molar-refractivity contribution in [1.29, 1.82) is 0 Å². The van der Waals surface area contributed by atoms with Crippen LogP contribution in [0, 0.1) is 0 Å². The molecule has 0 aliphatic carbocycles. The largest absolute Gasteiger partial charge is 0.381 e. The van der Waals surface area contributed by atoms with E-state index in [1.807, 2.05) is 13.0 Å². The summed E-state index contributed by atoms with van der Waals surface area (Å²) < 4.78 is 6.02. The molecule has 0 radical (unpaired) electrons. The van der Waals surface area contributed by atoms with Gasteiger partial charge in [-0.1, -0.05) is 0 Å². The van der Waals surface area contributed by atoms with Crippen molar-refractivity contribution in [1.82, 2.24) is 4.98 Å². The Labute approximate surface area is 98.0 Å². The number of Topliss-reactive ketones (excluding diaryl/α,β-unsaturated/α-hetero) is 1. The van der Waals surface area contributed by atoms with Gasteiger partial charge in [-0.2, -0.15) is 0 Å². The molecular weight excluding hydrogens is 258 g/mol. The molecule has 0 bridgehead atoms. The van der Waals surface area contributed by atoms with Crippen LogP contribution >= 0.6 is 15.9 Å². The lowest BCUT2D eigenvalue weighted by Crippen LogP contribution is -2.07. The van der Waals surface area contributed by atoms with Crippen molar-refractivity contribution in [3.8, 4) is 0 Å². The summed E-state index contributed by atoms with van der Waals surface area (Å²) >= 11 is 3.32. The lowest BCUT2D eigenvalue weighted by atomic mass is 10.1. The molecule has 1 aromatic heterocycles. The van der Waals surface area contributed by atoms with Gasteiger partial charge in [0.2, 0.25) is 0 Å². The lowest BCUT2D eigenvalue weighted by molar-refractivity contribution is -0.119. The highest BCUT2D eigenvalue weighted by molar-refractivity contribution is 9.10. The number of halogens is 1. The maximum absolute atomic E-state index is 11.5. The first kappa shape index (κ1) is 12.3. The maximum atomic E-state index is 11.5. The van der Waals surface area contributed by atoms with Crippen LogP contribution in [0.1, 0.15) is 18.9 Å².